The Morgan fingerprint density at radius 3 is 2.93 bits per heavy atom. The number of anilines is 2. The van der Waals surface area contributed by atoms with E-state index in [0.29, 0.717) is 19.0 Å². The Balaban J connectivity index is 1.67. The molecule has 0 radical (unpaired) electrons. The van der Waals surface area contributed by atoms with Gasteiger partial charge in [0.1, 0.15) is 5.82 Å². The molecule has 7 heteroatoms. The Kier molecular flexibility index (Phi) is 6.02. The number of rotatable bonds is 8. The monoisotopic (exact) mass is 383 g/mol. The first-order valence-corrected chi connectivity index (χ1v) is 10.3. The first kappa shape index (κ1) is 19.1. The second-order valence-electron chi connectivity index (χ2n) is 7.65. The van der Waals surface area contributed by atoms with Crippen LogP contribution in [-0.2, 0) is 17.6 Å². The van der Waals surface area contributed by atoms with E-state index in [9.17, 15) is 5.11 Å². The smallest absolute Gasteiger partial charge is 0.152 e. The fourth-order valence-corrected chi connectivity index (χ4v) is 3.76. The highest BCUT2D eigenvalue weighted by atomic mass is 16.5. The third-order valence-corrected chi connectivity index (χ3v) is 5.36. The van der Waals surface area contributed by atoms with Gasteiger partial charge in [-0.05, 0) is 55.4 Å². The Hall–Kier alpha value is -2.25. The molecular formula is C21H29N5O2. The molecule has 150 valence electrons. The molecule has 1 unspecified atom stereocenters. The van der Waals surface area contributed by atoms with Crippen molar-refractivity contribution < 1.29 is 9.84 Å². The number of fused-ring (bicyclic) bond motifs is 1. The van der Waals surface area contributed by atoms with Crippen LogP contribution in [0.25, 0.3) is 0 Å². The zero-order chi connectivity index (χ0) is 19.3. The van der Waals surface area contributed by atoms with E-state index in [1.807, 2.05) is 0 Å². The number of aliphatic hydroxyl groups excluding tert-OH is 1. The zero-order valence-electron chi connectivity index (χ0n) is 16.5. The molecule has 1 aliphatic heterocycles. The summed E-state index contributed by atoms with van der Waals surface area (Å²) in [5, 5.41) is 22.0. The van der Waals surface area contributed by atoms with Crippen LogP contribution in [-0.4, -0.2) is 46.6 Å². The second-order valence-corrected chi connectivity index (χ2v) is 7.65. The molecule has 0 saturated heterocycles. The van der Waals surface area contributed by atoms with Crippen molar-refractivity contribution in [1.29, 1.82) is 0 Å². The molecule has 1 aliphatic carbocycles. The zero-order valence-corrected chi connectivity index (χ0v) is 16.5. The van der Waals surface area contributed by atoms with Crippen molar-refractivity contribution in [3.8, 4) is 0 Å². The fourth-order valence-electron chi connectivity index (χ4n) is 3.76. The van der Waals surface area contributed by atoms with Crippen molar-refractivity contribution in [2.24, 2.45) is 5.92 Å². The van der Waals surface area contributed by atoms with Gasteiger partial charge in [-0.2, -0.15) is 5.10 Å². The summed E-state index contributed by atoms with van der Waals surface area (Å²) < 4.78 is 5.67. The van der Waals surface area contributed by atoms with Gasteiger partial charge in [-0.3, -0.25) is 0 Å². The maximum atomic E-state index is 11.0. The number of hydrogen-bond donors (Lipinski definition) is 2. The lowest BCUT2D eigenvalue weighted by molar-refractivity contribution is 0.145. The van der Waals surface area contributed by atoms with E-state index in [2.05, 4.69) is 33.4 Å². The molecule has 4 rings (SSSR count). The average molecular weight is 383 g/mol. The van der Waals surface area contributed by atoms with Gasteiger partial charge in [-0.1, -0.05) is 6.92 Å². The van der Waals surface area contributed by atoms with Gasteiger partial charge in [0.2, 0.25) is 0 Å². The SMILES string of the molecule is CCCN(CC1CC1)c1cc(C(O)Nc2cccnn2)c2c(n1)CCOCC2. The molecular weight excluding hydrogens is 354 g/mol. The molecule has 2 N–H and O–H groups in total. The molecule has 1 saturated carbocycles. The lowest BCUT2D eigenvalue weighted by Crippen LogP contribution is -2.28. The quantitative estimate of drug-likeness (QED) is 0.678. The van der Waals surface area contributed by atoms with Crippen LogP contribution in [0.5, 0.6) is 0 Å². The highest BCUT2D eigenvalue weighted by Crippen LogP contribution is 2.33. The topological polar surface area (TPSA) is 83.4 Å². The molecule has 0 bridgehead atoms. The minimum atomic E-state index is -0.866. The van der Waals surface area contributed by atoms with Gasteiger partial charge >= 0.3 is 0 Å². The molecule has 0 aromatic carbocycles. The molecule has 28 heavy (non-hydrogen) atoms. The Bertz CT molecular complexity index is 782. The van der Waals surface area contributed by atoms with Gasteiger partial charge in [0, 0.05) is 37.0 Å². The molecule has 2 aliphatic rings. The van der Waals surface area contributed by atoms with Crippen LogP contribution < -0.4 is 10.2 Å². The van der Waals surface area contributed by atoms with Crippen LogP contribution in [0, 0.1) is 5.92 Å². The summed E-state index contributed by atoms with van der Waals surface area (Å²) in [6.07, 6.45) is 5.97. The van der Waals surface area contributed by atoms with Crippen LogP contribution in [0.3, 0.4) is 0 Å². The minimum absolute atomic E-state index is 0.551. The number of ether oxygens (including phenoxy) is 1. The standard InChI is InChI=1S/C21H29N5O2/c1-2-10-26(14-15-5-6-15)20-13-17(16-7-11-28-12-8-18(16)23-20)21(27)24-19-4-3-9-22-25-19/h3-4,9,13,15,21,27H,2,5-8,10-12,14H2,1H3,(H,24,25). The lowest BCUT2D eigenvalue weighted by Gasteiger charge is -2.27. The fraction of sp³-hybridized carbons (Fsp3) is 0.571. The van der Waals surface area contributed by atoms with E-state index in [1.165, 1.54) is 12.8 Å². The number of nitrogens with one attached hydrogen (secondary N) is 1. The van der Waals surface area contributed by atoms with Gasteiger partial charge < -0.3 is 20.1 Å². The van der Waals surface area contributed by atoms with Crippen molar-refractivity contribution in [2.75, 3.05) is 36.5 Å². The maximum Gasteiger partial charge on any atom is 0.152 e. The van der Waals surface area contributed by atoms with E-state index in [-0.39, 0.29) is 0 Å². The number of hydrogen-bond acceptors (Lipinski definition) is 7. The molecule has 7 nitrogen and oxygen atoms in total. The summed E-state index contributed by atoms with van der Waals surface area (Å²) in [5.74, 6) is 2.29. The van der Waals surface area contributed by atoms with Crippen LogP contribution >= 0.6 is 0 Å². The molecule has 1 fully saturated rings. The highest BCUT2D eigenvalue weighted by Gasteiger charge is 2.27. The van der Waals surface area contributed by atoms with Gasteiger partial charge in [-0.15, -0.1) is 5.10 Å². The van der Waals surface area contributed by atoms with Gasteiger partial charge in [0.25, 0.3) is 0 Å². The largest absolute Gasteiger partial charge is 0.381 e. The molecule has 0 amide bonds. The third-order valence-electron chi connectivity index (χ3n) is 5.36. The van der Waals surface area contributed by atoms with Crippen molar-refractivity contribution in [3.63, 3.8) is 0 Å². The van der Waals surface area contributed by atoms with Crippen LogP contribution in [0.1, 0.15) is 49.2 Å². The Morgan fingerprint density at radius 1 is 1.32 bits per heavy atom. The summed E-state index contributed by atoms with van der Waals surface area (Å²) in [6, 6.07) is 5.65. The predicted octanol–water partition coefficient (Wildman–Crippen LogP) is 2.72. The summed E-state index contributed by atoms with van der Waals surface area (Å²) in [7, 11) is 0. The molecule has 2 aromatic rings. The number of pyridine rings is 1. The van der Waals surface area contributed by atoms with Gasteiger partial charge in [-0.25, -0.2) is 4.98 Å². The first-order chi connectivity index (χ1) is 13.7. The second kappa shape index (κ2) is 8.84. The minimum Gasteiger partial charge on any atom is -0.381 e. The molecule has 3 heterocycles. The number of aliphatic hydroxyl groups is 1. The van der Waals surface area contributed by atoms with E-state index in [1.54, 1.807) is 18.3 Å². The molecule has 1 atom stereocenters. The number of nitrogens with zero attached hydrogens (tertiary/aromatic N) is 4. The summed E-state index contributed by atoms with van der Waals surface area (Å²) in [5.41, 5.74) is 3.00. The van der Waals surface area contributed by atoms with E-state index < -0.39 is 6.23 Å². The average Bonchev–Trinajstić information content (AvgIpc) is 3.54. The number of aromatic nitrogens is 3. The summed E-state index contributed by atoms with van der Waals surface area (Å²) in [4.78, 5) is 7.38. The maximum absolute atomic E-state index is 11.0. The van der Waals surface area contributed by atoms with Crippen molar-refractivity contribution >= 4 is 11.6 Å². The van der Waals surface area contributed by atoms with Gasteiger partial charge in [0.05, 0.1) is 13.2 Å². The van der Waals surface area contributed by atoms with E-state index in [0.717, 1.165) is 60.9 Å². The van der Waals surface area contributed by atoms with Crippen LogP contribution in [0.15, 0.2) is 24.4 Å². The van der Waals surface area contributed by atoms with Crippen molar-refractivity contribution in [3.05, 3.63) is 41.2 Å². The van der Waals surface area contributed by atoms with Crippen molar-refractivity contribution in [1.82, 2.24) is 15.2 Å². The van der Waals surface area contributed by atoms with E-state index >= 15 is 0 Å². The third kappa shape index (κ3) is 4.59. The normalized spacial score (nSPS) is 17.5. The van der Waals surface area contributed by atoms with Crippen molar-refractivity contribution in [2.45, 2.75) is 45.3 Å². The lowest BCUT2D eigenvalue weighted by atomic mass is 10.00. The predicted molar refractivity (Wildman–Crippen MR) is 108 cm³/mol. The summed E-state index contributed by atoms with van der Waals surface area (Å²) >= 11 is 0. The highest BCUT2D eigenvalue weighted by molar-refractivity contribution is 5.50. The van der Waals surface area contributed by atoms with Crippen LogP contribution in [0.4, 0.5) is 11.6 Å². The van der Waals surface area contributed by atoms with E-state index in [4.69, 9.17) is 9.72 Å². The molecule has 2 aromatic heterocycles. The summed E-state index contributed by atoms with van der Waals surface area (Å²) in [6.45, 7) is 5.55. The first-order valence-electron chi connectivity index (χ1n) is 10.3. The molecule has 0 spiro atoms. The van der Waals surface area contributed by atoms with Crippen LogP contribution in [0.2, 0.25) is 0 Å². The van der Waals surface area contributed by atoms with Gasteiger partial charge in [0.15, 0.2) is 12.0 Å². The Labute approximate surface area is 166 Å². The Morgan fingerprint density at radius 2 is 2.18 bits per heavy atom.